The van der Waals surface area contributed by atoms with Gasteiger partial charge in [0.1, 0.15) is 5.69 Å². The monoisotopic (exact) mass is 310 g/mol. The number of thioether (sulfide) groups is 1. The second kappa shape index (κ2) is 6.80. The molecule has 1 aromatic carbocycles. The van der Waals surface area contributed by atoms with Crippen LogP contribution < -0.4 is 5.32 Å². The van der Waals surface area contributed by atoms with Crippen molar-refractivity contribution < 1.29 is 14.8 Å². The molecule has 6 nitrogen and oxygen atoms in total. The summed E-state index contributed by atoms with van der Waals surface area (Å²) in [6.45, 7) is 0. The molecule has 0 aromatic heterocycles. The van der Waals surface area contributed by atoms with Crippen molar-refractivity contribution in [2.45, 2.75) is 37.0 Å². The topological polar surface area (TPSA) is 92.5 Å². The van der Waals surface area contributed by atoms with Crippen molar-refractivity contribution in [1.29, 1.82) is 0 Å². The van der Waals surface area contributed by atoms with Gasteiger partial charge in [-0.05, 0) is 37.7 Å². The first-order chi connectivity index (χ1) is 10.0. The molecule has 7 heteroatoms. The Hall–Kier alpha value is -1.76. The summed E-state index contributed by atoms with van der Waals surface area (Å²) in [6, 6.07) is 4.01. The Kier molecular flexibility index (Phi) is 5.06. The van der Waals surface area contributed by atoms with E-state index >= 15 is 0 Å². The van der Waals surface area contributed by atoms with Crippen molar-refractivity contribution in [2.24, 2.45) is 0 Å². The lowest BCUT2D eigenvalue weighted by molar-refractivity contribution is -0.384. The van der Waals surface area contributed by atoms with Crippen molar-refractivity contribution in [1.82, 2.24) is 0 Å². The van der Waals surface area contributed by atoms with Crippen LogP contribution in [-0.4, -0.2) is 33.5 Å². The van der Waals surface area contributed by atoms with E-state index in [1.807, 2.05) is 11.8 Å². The first-order valence-electron chi connectivity index (χ1n) is 6.82. The van der Waals surface area contributed by atoms with E-state index < -0.39 is 10.9 Å². The van der Waals surface area contributed by atoms with Crippen molar-refractivity contribution in [2.75, 3.05) is 11.6 Å². The lowest BCUT2D eigenvalue weighted by Gasteiger charge is -2.29. The van der Waals surface area contributed by atoms with Crippen LogP contribution in [0.25, 0.3) is 0 Å². The second-order valence-electron chi connectivity index (χ2n) is 5.16. The average Bonchev–Trinajstić information content (AvgIpc) is 2.47. The highest BCUT2D eigenvalue weighted by molar-refractivity contribution is 7.99. The molecule has 1 saturated carbocycles. The number of rotatable bonds is 5. The highest BCUT2D eigenvalue weighted by Crippen LogP contribution is 2.32. The highest BCUT2D eigenvalue weighted by Gasteiger charge is 2.24. The summed E-state index contributed by atoms with van der Waals surface area (Å²) in [5.74, 6) is -1.08. The summed E-state index contributed by atoms with van der Waals surface area (Å²) in [4.78, 5) is 21.6. The maximum absolute atomic E-state index is 11.1. The predicted molar refractivity (Wildman–Crippen MR) is 83.2 cm³/mol. The van der Waals surface area contributed by atoms with Gasteiger partial charge >= 0.3 is 5.97 Å². The molecular formula is C14H18N2O4S. The molecule has 0 spiro atoms. The van der Waals surface area contributed by atoms with Crippen LogP contribution in [0.15, 0.2) is 18.2 Å². The van der Waals surface area contributed by atoms with E-state index in [1.54, 1.807) is 0 Å². The van der Waals surface area contributed by atoms with E-state index in [-0.39, 0.29) is 17.3 Å². The van der Waals surface area contributed by atoms with Crippen LogP contribution in [0.4, 0.5) is 11.4 Å². The Balaban J connectivity index is 2.22. The molecule has 2 unspecified atom stereocenters. The number of hydrogen-bond acceptors (Lipinski definition) is 5. The van der Waals surface area contributed by atoms with E-state index in [9.17, 15) is 14.9 Å². The lowest BCUT2D eigenvalue weighted by Crippen LogP contribution is -2.28. The third-order valence-corrected chi connectivity index (χ3v) is 4.85. The van der Waals surface area contributed by atoms with Crippen molar-refractivity contribution >= 4 is 29.1 Å². The molecule has 0 heterocycles. The number of nitro groups is 1. The Bertz CT molecular complexity index is 550. The normalized spacial score (nSPS) is 21.8. The maximum Gasteiger partial charge on any atom is 0.335 e. The van der Waals surface area contributed by atoms with Crippen LogP contribution in [0.3, 0.4) is 0 Å². The Labute approximate surface area is 127 Å². The zero-order chi connectivity index (χ0) is 15.4. The van der Waals surface area contributed by atoms with Crippen LogP contribution in [0.5, 0.6) is 0 Å². The number of hydrogen-bond donors (Lipinski definition) is 2. The standard InChI is InChI=1S/C14H18N2O4S/c1-21-11-4-2-3-10(8-11)15-12-7-9(14(17)18)5-6-13(12)16(19)20/h5-7,10-11,15H,2-4,8H2,1H3,(H,17,18). The number of carboxylic acid groups (broad SMARTS) is 1. The molecule has 2 atom stereocenters. The number of nitrogens with one attached hydrogen (secondary N) is 1. The number of carbonyl (C=O) groups is 1. The Morgan fingerprint density at radius 2 is 2.24 bits per heavy atom. The summed E-state index contributed by atoms with van der Waals surface area (Å²) in [5, 5.41) is 23.8. The molecule has 21 heavy (non-hydrogen) atoms. The van der Waals surface area contributed by atoms with Gasteiger partial charge in [-0.25, -0.2) is 4.79 Å². The minimum atomic E-state index is -1.08. The van der Waals surface area contributed by atoms with E-state index in [2.05, 4.69) is 11.6 Å². The van der Waals surface area contributed by atoms with Gasteiger partial charge in [0.05, 0.1) is 10.5 Å². The maximum atomic E-state index is 11.1. The smallest absolute Gasteiger partial charge is 0.335 e. The number of benzene rings is 1. The molecule has 0 amide bonds. The SMILES string of the molecule is CSC1CCCC(Nc2cc(C(=O)O)ccc2[N+](=O)[O-])C1. The number of aromatic carboxylic acids is 1. The molecule has 114 valence electrons. The van der Waals surface area contributed by atoms with Gasteiger partial charge in [-0.1, -0.05) is 6.42 Å². The van der Waals surface area contributed by atoms with Gasteiger partial charge in [-0.3, -0.25) is 10.1 Å². The highest BCUT2D eigenvalue weighted by atomic mass is 32.2. The summed E-state index contributed by atoms with van der Waals surface area (Å²) in [6.07, 6.45) is 6.20. The fraction of sp³-hybridized carbons (Fsp3) is 0.500. The first kappa shape index (κ1) is 15.6. The van der Waals surface area contributed by atoms with Gasteiger partial charge < -0.3 is 10.4 Å². The van der Waals surface area contributed by atoms with Gasteiger partial charge in [-0.15, -0.1) is 0 Å². The minimum Gasteiger partial charge on any atom is -0.478 e. The molecule has 0 saturated heterocycles. The molecule has 0 radical (unpaired) electrons. The number of nitro benzene ring substituents is 1. The number of anilines is 1. The Morgan fingerprint density at radius 1 is 1.48 bits per heavy atom. The van der Waals surface area contributed by atoms with Crippen LogP contribution in [-0.2, 0) is 0 Å². The summed E-state index contributed by atoms with van der Waals surface area (Å²) >= 11 is 1.81. The zero-order valence-corrected chi connectivity index (χ0v) is 12.6. The fourth-order valence-electron chi connectivity index (χ4n) is 2.65. The average molecular weight is 310 g/mol. The zero-order valence-electron chi connectivity index (χ0n) is 11.7. The van der Waals surface area contributed by atoms with Crippen LogP contribution >= 0.6 is 11.8 Å². The minimum absolute atomic E-state index is 0.0559. The summed E-state index contributed by atoms with van der Waals surface area (Å²) in [7, 11) is 0. The molecule has 1 fully saturated rings. The second-order valence-corrected chi connectivity index (χ2v) is 6.30. The molecule has 2 rings (SSSR count). The molecule has 2 N–H and O–H groups in total. The summed E-state index contributed by atoms with van der Waals surface area (Å²) < 4.78 is 0. The molecule has 0 aliphatic heterocycles. The van der Waals surface area contributed by atoms with Gasteiger partial charge in [0, 0.05) is 17.4 Å². The largest absolute Gasteiger partial charge is 0.478 e. The van der Waals surface area contributed by atoms with Crippen molar-refractivity contribution in [3.8, 4) is 0 Å². The predicted octanol–water partition coefficient (Wildman–Crippen LogP) is 3.38. The van der Waals surface area contributed by atoms with E-state index in [0.29, 0.717) is 10.9 Å². The number of carboxylic acids is 1. The molecule has 0 bridgehead atoms. The van der Waals surface area contributed by atoms with Crippen molar-refractivity contribution in [3.63, 3.8) is 0 Å². The molecular weight excluding hydrogens is 292 g/mol. The Morgan fingerprint density at radius 3 is 2.86 bits per heavy atom. The van der Waals surface area contributed by atoms with Crippen LogP contribution in [0.1, 0.15) is 36.0 Å². The van der Waals surface area contributed by atoms with E-state index in [4.69, 9.17) is 5.11 Å². The quantitative estimate of drug-likeness (QED) is 0.640. The van der Waals surface area contributed by atoms with Crippen LogP contribution in [0, 0.1) is 10.1 Å². The lowest BCUT2D eigenvalue weighted by atomic mass is 9.94. The van der Waals surface area contributed by atoms with Crippen LogP contribution in [0.2, 0.25) is 0 Å². The van der Waals surface area contributed by atoms with Crippen molar-refractivity contribution in [3.05, 3.63) is 33.9 Å². The number of nitrogens with zero attached hydrogens (tertiary/aromatic N) is 1. The van der Waals surface area contributed by atoms with E-state index in [0.717, 1.165) is 25.7 Å². The van der Waals surface area contributed by atoms with Gasteiger partial charge in [0.2, 0.25) is 0 Å². The first-order valence-corrected chi connectivity index (χ1v) is 8.11. The van der Waals surface area contributed by atoms with Gasteiger partial charge in [0.15, 0.2) is 0 Å². The molecule has 1 aliphatic rings. The third-order valence-electron chi connectivity index (χ3n) is 3.76. The molecule has 1 aromatic rings. The fourth-order valence-corrected chi connectivity index (χ4v) is 3.48. The third kappa shape index (κ3) is 3.87. The molecule has 1 aliphatic carbocycles. The van der Waals surface area contributed by atoms with Gasteiger partial charge in [0.25, 0.3) is 5.69 Å². The van der Waals surface area contributed by atoms with E-state index in [1.165, 1.54) is 18.2 Å². The van der Waals surface area contributed by atoms with Gasteiger partial charge in [-0.2, -0.15) is 11.8 Å². The summed E-state index contributed by atoms with van der Waals surface area (Å²) in [5.41, 5.74) is 0.276.